The molecule has 1 amide bonds. The van der Waals surface area contributed by atoms with Gasteiger partial charge in [-0.15, -0.1) is 11.8 Å². The number of hydrogen-bond donors (Lipinski definition) is 3. The van der Waals surface area contributed by atoms with E-state index >= 15 is 0 Å². The number of amidine groups is 1. The van der Waals surface area contributed by atoms with Crippen LogP contribution in [0, 0.1) is 0 Å². The monoisotopic (exact) mass is 346 g/mol. The fraction of sp³-hybridized carbons (Fsp3) is 0.125. The molecular formula is C16H18N4OS2. The maximum Gasteiger partial charge on any atom is 0.244 e. The van der Waals surface area contributed by atoms with E-state index in [-0.39, 0.29) is 11.7 Å². The molecule has 23 heavy (non-hydrogen) atoms. The van der Waals surface area contributed by atoms with E-state index in [0.717, 1.165) is 10.6 Å². The zero-order valence-corrected chi connectivity index (χ0v) is 14.5. The Balaban J connectivity index is 2.20. The minimum absolute atomic E-state index is 0.119. The highest BCUT2D eigenvalue weighted by Gasteiger charge is 2.08. The van der Waals surface area contributed by atoms with E-state index in [2.05, 4.69) is 15.8 Å². The highest BCUT2D eigenvalue weighted by Crippen LogP contribution is 2.30. The number of nitrogen functional groups attached to an aromatic ring is 1. The smallest absolute Gasteiger partial charge is 0.244 e. The minimum atomic E-state index is -0.358. The lowest BCUT2D eigenvalue weighted by molar-refractivity contribution is -0.115. The number of benzene rings is 2. The number of nitrogens with two attached hydrogens (primary N) is 2. The Bertz CT molecular complexity index is 747. The standard InChI is InChI=1S/C16H18N4OS2/c1-10(21)19-16(18)12-9-11(7-8-13(12)17)20-23-15-6-4-3-5-14(15)22-2/h3-9,20H,17H2,1-2H3,(H2,18,19,21). The van der Waals surface area contributed by atoms with Crippen LogP contribution >= 0.6 is 23.7 Å². The third-order valence-electron chi connectivity index (χ3n) is 2.96. The van der Waals surface area contributed by atoms with Crippen molar-refractivity contribution in [3.05, 3.63) is 48.0 Å². The van der Waals surface area contributed by atoms with Crippen molar-refractivity contribution in [1.82, 2.24) is 0 Å². The summed E-state index contributed by atoms with van der Waals surface area (Å²) in [6.07, 6.45) is 2.04. The normalized spacial score (nSPS) is 11.3. The van der Waals surface area contributed by atoms with Crippen LogP contribution < -0.4 is 16.2 Å². The second-order valence-corrected chi connectivity index (χ2v) is 6.37. The van der Waals surface area contributed by atoms with Crippen LogP contribution in [0.3, 0.4) is 0 Å². The first kappa shape index (κ1) is 17.2. The molecular weight excluding hydrogens is 328 g/mol. The van der Waals surface area contributed by atoms with Crippen molar-refractivity contribution in [1.29, 1.82) is 0 Å². The molecule has 0 saturated carbocycles. The number of carbonyl (C=O) groups excluding carboxylic acids is 1. The Hall–Kier alpha value is -2.12. The van der Waals surface area contributed by atoms with Gasteiger partial charge in [0.25, 0.3) is 0 Å². The molecule has 0 spiro atoms. The van der Waals surface area contributed by atoms with E-state index in [1.54, 1.807) is 23.9 Å². The fourth-order valence-electron chi connectivity index (χ4n) is 1.89. The predicted octanol–water partition coefficient (Wildman–Crippen LogP) is 3.36. The molecule has 0 aromatic heterocycles. The van der Waals surface area contributed by atoms with E-state index in [9.17, 15) is 4.79 Å². The number of aliphatic imine (C=N–C) groups is 1. The molecule has 2 rings (SSSR count). The molecule has 0 heterocycles. The summed E-state index contributed by atoms with van der Waals surface area (Å²) < 4.78 is 3.26. The van der Waals surface area contributed by atoms with Crippen LogP contribution in [-0.4, -0.2) is 18.0 Å². The van der Waals surface area contributed by atoms with Crippen LogP contribution in [-0.2, 0) is 4.79 Å². The predicted molar refractivity (Wildman–Crippen MR) is 100.0 cm³/mol. The van der Waals surface area contributed by atoms with E-state index in [4.69, 9.17) is 11.5 Å². The molecule has 0 saturated heterocycles. The van der Waals surface area contributed by atoms with Gasteiger partial charge in [0.2, 0.25) is 5.91 Å². The molecule has 0 aliphatic carbocycles. The van der Waals surface area contributed by atoms with Crippen LogP contribution in [0.2, 0.25) is 0 Å². The zero-order valence-electron chi connectivity index (χ0n) is 12.9. The SMILES string of the molecule is CSc1ccccc1SNc1ccc(N)c(C(N)=NC(C)=O)c1. The maximum absolute atomic E-state index is 11.1. The Morgan fingerprint density at radius 1 is 1.17 bits per heavy atom. The van der Waals surface area contributed by atoms with Crippen molar-refractivity contribution >= 4 is 46.8 Å². The molecule has 0 atom stereocenters. The van der Waals surface area contributed by atoms with Gasteiger partial charge in [0.15, 0.2) is 0 Å². The van der Waals surface area contributed by atoms with Gasteiger partial charge in [0, 0.05) is 33.7 Å². The van der Waals surface area contributed by atoms with Crippen molar-refractivity contribution in [3.63, 3.8) is 0 Å². The third-order valence-corrected chi connectivity index (χ3v) is 4.79. The number of nitrogens with one attached hydrogen (secondary N) is 1. The summed E-state index contributed by atoms with van der Waals surface area (Å²) in [5.41, 5.74) is 13.6. The number of amides is 1. The number of rotatable bonds is 5. The Morgan fingerprint density at radius 3 is 2.52 bits per heavy atom. The van der Waals surface area contributed by atoms with Crippen LogP contribution in [0.25, 0.3) is 0 Å². The first-order valence-electron chi connectivity index (χ1n) is 6.81. The first-order valence-corrected chi connectivity index (χ1v) is 8.86. The number of thioether (sulfide) groups is 1. The van der Waals surface area contributed by atoms with Gasteiger partial charge in [-0.2, -0.15) is 4.99 Å². The van der Waals surface area contributed by atoms with Crippen LogP contribution in [0.1, 0.15) is 12.5 Å². The topological polar surface area (TPSA) is 93.5 Å². The number of anilines is 2. The second kappa shape index (κ2) is 7.94. The van der Waals surface area contributed by atoms with Crippen molar-refractivity contribution in [2.45, 2.75) is 16.7 Å². The lowest BCUT2D eigenvalue weighted by atomic mass is 10.1. The second-order valence-electron chi connectivity index (χ2n) is 4.67. The molecule has 0 aliphatic heterocycles. The van der Waals surface area contributed by atoms with Gasteiger partial charge in [-0.05, 0) is 48.5 Å². The largest absolute Gasteiger partial charge is 0.398 e. The Morgan fingerprint density at radius 2 is 1.87 bits per heavy atom. The fourth-order valence-corrected chi connectivity index (χ4v) is 3.42. The highest BCUT2D eigenvalue weighted by molar-refractivity contribution is 8.02. The number of nitrogens with zero attached hydrogens (tertiary/aromatic N) is 1. The molecule has 0 bridgehead atoms. The van der Waals surface area contributed by atoms with Gasteiger partial charge in [-0.25, -0.2) is 0 Å². The highest BCUT2D eigenvalue weighted by atomic mass is 32.2. The average molecular weight is 346 g/mol. The van der Waals surface area contributed by atoms with Crippen LogP contribution in [0.15, 0.2) is 57.2 Å². The van der Waals surface area contributed by atoms with Crippen molar-refractivity contribution in [2.24, 2.45) is 10.7 Å². The molecule has 120 valence electrons. The average Bonchev–Trinajstić information content (AvgIpc) is 2.53. The van der Waals surface area contributed by atoms with E-state index in [1.165, 1.54) is 23.8 Å². The molecule has 2 aromatic carbocycles. The minimum Gasteiger partial charge on any atom is -0.398 e. The van der Waals surface area contributed by atoms with Gasteiger partial charge in [0.1, 0.15) is 5.84 Å². The van der Waals surface area contributed by atoms with Gasteiger partial charge in [-0.3, -0.25) is 4.79 Å². The van der Waals surface area contributed by atoms with E-state index in [1.807, 2.05) is 30.5 Å². The lowest BCUT2D eigenvalue weighted by Gasteiger charge is -2.11. The zero-order chi connectivity index (χ0) is 16.8. The summed E-state index contributed by atoms with van der Waals surface area (Å²) in [5.74, 6) is -0.239. The molecule has 7 heteroatoms. The van der Waals surface area contributed by atoms with Crippen LogP contribution in [0.5, 0.6) is 0 Å². The molecule has 0 radical (unpaired) electrons. The van der Waals surface area contributed by atoms with Crippen molar-refractivity contribution in [2.75, 3.05) is 16.7 Å². The molecule has 0 aliphatic rings. The summed E-state index contributed by atoms with van der Waals surface area (Å²) in [6, 6.07) is 13.5. The lowest BCUT2D eigenvalue weighted by Crippen LogP contribution is -2.17. The Kier molecular flexibility index (Phi) is 5.95. The van der Waals surface area contributed by atoms with Crippen molar-refractivity contribution in [3.8, 4) is 0 Å². The molecule has 2 aromatic rings. The molecule has 5 N–H and O–H groups in total. The number of carbonyl (C=O) groups is 1. The van der Waals surface area contributed by atoms with Gasteiger partial charge in [-0.1, -0.05) is 12.1 Å². The summed E-state index contributed by atoms with van der Waals surface area (Å²) in [4.78, 5) is 17.1. The van der Waals surface area contributed by atoms with Gasteiger partial charge in [0.05, 0.1) is 0 Å². The van der Waals surface area contributed by atoms with E-state index in [0.29, 0.717) is 11.3 Å². The molecule has 0 fully saturated rings. The molecule has 0 unspecified atom stereocenters. The summed E-state index contributed by atoms with van der Waals surface area (Å²) in [6.45, 7) is 1.35. The van der Waals surface area contributed by atoms with Crippen molar-refractivity contribution < 1.29 is 4.79 Å². The van der Waals surface area contributed by atoms with Gasteiger partial charge >= 0.3 is 0 Å². The third kappa shape index (κ3) is 4.67. The Labute approximate surface area is 144 Å². The summed E-state index contributed by atoms with van der Waals surface area (Å²) in [7, 11) is 0. The summed E-state index contributed by atoms with van der Waals surface area (Å²) in [5, 5.41) is 0. The quantitative estimate of drug-likeness (QED) is 0.253. The first-order chi connectivity index (χ1) is 11.0. The van der Waals surface area contributed by atoms with E-state index < -0.39 is 0 Å². The summed E-state index contributed by atoms with van der Waals surface area (Å²) >= 11 is 3.20. The maximum atomic E-state index is 11.1. The molecule has 5 nitrogen and oxygen atoms in total. The number of hydrogen-bond acceptors (Lipinski definition) is 5. The van der Waals surface area contributed by atoms with Crippen LogP contribution in [0.4, 0.5) is 11.4 Å². The van der Waals surface area contributed by atoms with Gasteiger partial charge < -0.3 is 16.2 Å².